The lowest BCUT2D eigenvalue weighted by atomic mass is 10.1. The van der Waals surface area contributed by atoms with Crippen LogP contribution < -0.4 is 4.74 Å². The van der Waals surface area contributed by atoms with Crippen molar-refractivity contribution in [3.05, 3.63) is 29.3 Å². The van der Waals surface area contributed by atoms with Gasteiger partial charge >= 0.3 is 0 Å². The normalized spacial score (nSPS) is 14.5. The lowest BCUT2D eigenvalue weighted by Crippen LogP contribution is -2.35. The second-order valence-corrected chi connectivity index (χ2v) is 6.50. The molecule has 0 radical (unpaired) electrons. The third kappa shape index (κ3) is 4.67. The van der Waals surface area contributed by atoms with Gasteiger partial charge in [0.25, 0.3) is 0 Å². The fourth-order valence-corrected chi connectivity index (χ4v) is 3.46. The van der Waals surface area contributed by atoms with Gasteiger partial charge < -0.3 is 9.64 Å². The van der Waals surface area contributed by atoms with Gasteiger partial charge in [-0.15, -0.1) is 0 Å². The molecule has 1 aliphatic heterocycles. The van der Waals surface area contributed by atoms with Gasteiger partial charge in [-0.05, 0) is 37.0 Å². The average molecular weight is 318 g/mol. The third-order valence-corrected chi connectivity index (χ3v) is 4.85. The van der Waals surface area contributed by atoms with Crippen LogP contribution in [0.5, 0.6) is 5.75 Å². The van der Waals surface area contributed by atoms with E-state index in [1.165, 1.54) is 6.42 Å². The Hall–Kier alpha value is -1.67. The number of nitriles is 1. The number of hydrogen-bond donors (Lipinski definition) is 0. The minimum atomic E-state index is 0.277. The Bertz CT molecular complexity index is 548. The van der Waals surface area contributed by atoms with Crippen LogP contribution in [-0.4, -0.2) is 36.8 Å². The minimum absolute atomic E-state index is 0.277. The van der Waals surface area contributed by atoms with Crippen molar-refractivity contribution in [3.63, 3.8) is 0 Å². The van der Waals surface area contributed by atoms with Crippen LogP contribution in [0.25, 0.3) is 0 Å². The van der Waals surface area contributed by atoms with Crippen molar-refractivity contribution in [1.29, 1.82) is 5.26 Å². The molecule has 1 saturated heterocycles. The Labute approximate surface area is 136 Å². The second-order valence-electron chi connectivity index (χ2n) is 5.39. The highest BCUT2D eigenvalue weighted by Crippen LogP contribution is 2.22. The smallest absolute Gasteiger partial charge is 0.223 e. The van der Waals surface area contributed by atoms with Crippen molar-refractivity contribution in [3.8, 4) is 11.8 Å². The number of carbonyl (C=O) groups excluding carboxylic acids is 1. The van der Waals surface area contributed by atoms with Crippen molar-refractivity contribution >= 4 is 17.7 Å². The van der Waals surface area contributed by atoms with Crippen molar-refractivity contribution in [2.45, 2.75) is 31.4 Å². The SMILES string of the molecule is COc1ccc(CSCCC(=O)N2CCCCC2)cc1C#N. The number of piperidine rings is 1. The van der Waals surface area contributed by atoms with Gasteiger partial charge in [0, 0.05) is 31.0 Å². The van der Waals surface area contributed by atoms with Crippen LogP contribution in [0.4, 0.5) is 0 Å². The molecule has 1 aromatic carbocycles. The summed E-state index contributed by atoms with van der Waals surface area (Å²) in [5.74, 6) is 2.52. The molecule has 2 rings (SSSR count). The number of ether oxygens (including phenoxy) is 1. The van der Waals surface area contributed by atoms with Gasteiger partial charge in [-0.1, -0.05) is 6.07 Å². The van der Waals surface area contributed by atoms with E-state index in [1.807, 2.05) is 23.1 Å². The van der Waals surface area contributed by atoms with Gasteiger partial charge in [0.05, 0.1) is 12.7 Å². The van der Waals surface area contributed by atoms with E-state index >= 15 is 0 Å². The lowest BCUT2D eigenvalue weighted by Gasteiger charge is -2.26. The van der Waals surface area contributed by atoms with Crippen molar-refractivity contribution in [1.82, 2.24) is 4.90 Å². The topological polar surface area (TPSA) is 53.3 Å². The van der Waals surface area contributed by atoms with E-state index in [0.29, 0.717) is 17.7 Å². The van der Waals surface area contributed by atoms with Crippen molar-refractivity contribution in [2.24, 2.45) is 0 Å². The van der Waals surface area contributed by atoms with Gasteiger partial charge in [-0.2, -0.15) is 17.0 Å². The standard InChI is InChI=1S/C17H22N2O2S/c1-21-16-6-5-14(11-15(16)12-18)13-22-10-7-17(20)19-8-3-2-4-9-19/h5-6,11H,2-4,7-10,13H2,1H3. The lowest BCUT2D eigenvalue weighted by molar-refractivity contribution is -0.131. The van der Waals surface area contributed by atoms with Crippen LogP contribution >= 0.6 is 11.8 Å². The number of carbonyl (C=O) groups is 1. The first-order valence-electron chi connectivity index (χ1n) is 7.67. The maximum Gasteiger partial charge on any atom is 0.223 e. The van der Waals surface area contributed by atoms with E-state index in [-0.39, 0.29) is 5.91 Å². The summed E-state index contributed by atoms with van der Waals surface area (Å²) in [5, 5.41) is 9.08. The third-order valence-electron chi connectivity index (χ3n) is 3.82. The Kier molecular flexibility index (Phi) is 6.60. The Morgan fingerprint density at radius 1 is 1.36 bits per heavy atom. The molecule has 0 spiro atoms. The predicted octanol–water partition coefficient (Wildman–Crippen LogP) is 3.20. The number of likely N-dealkylation sites (tertiary alicyclic amines) is 1. The fourth-order valence-electron chi connectivity index (χ4n) is 2.58. The van der Waals surface area contributed by atoms with Crippen LogP contribution in [0.2, 0.25) is 0 Å². The number of benzene rings is 1. The number of rotatable bonds is 6. The van der Waals surface area contributed by atoms with Crippen LogP contribution in [0.15, 0.2) is 18.2 Å². The van der Waals surface area contributed by atoms with Crippen molar-refractivity contribution < 1.29 is 9.53 Å². The average Bonchev–Trinajstić information content (AvgIpc) is 2.59. The zero-order chi connectivity index (χ0) is 15.8. The van der Waals surface area contributed by atoms with Gasteiger partial charge in [0.15, 0.2) is 0 Å². The monoisotopic (exact) mass is 318 g/mol. The molecular formula is C17H22N2O2S. The molecule has 1 heterocycles. The van der Waals surface area contributed by atoms with E-state index in [4.69, 9.17) is 10.00 Å². The Balaban J connectivity index is 1.74. The highest BCUT2D eigenvalue weighted by molar-refractivity contribution is 7.98. The molecule has 1 aromatic rings. The van der Waals surface area contributed by atoms with Crippen LogP contribution in [0.1, 0.15) is 36.8 Å². The van der Waals surface area contributed by atoms with Gasteiger partial charge in [0.1, 0.15) is 11.8 Å². The molecule has 0 unspecified atom stereocenters. The van der Waals surface area contributed by atoms with E-state index in [9.17, 15) is 4.79 Å². The van der Waals surface area contributed by atoms with Crippen LogP contribution in [-0.2, 0) is 10.5 Å². The summed E-state index contributed by atoms with van der Waals surface area (Å²) in [4.78, 5) is 14.0. The van der Waals surface area contributed by atoms with Gasteiger partial charge in [-0.3, -0.25) is 4.79 Å². The molecule has 0 aromatic heterocycles. The van der Waals surface area contributed by atoms with E-state index < -0.39 is 0 Å². The van der Waals surface area contributed by atoms with E-state index in [0.717, 1.165) is 43.0 Å². The summed E-state index contributed by atoms with van der Waals surface area (Å²) in [6.45, 7) is 1.85. The largest absolute Gasteiger partial charge is 0.495 e. The number of nitrogens with zero attached hydrogens (tertiary/aromatic N) is 2. The highest BCUT2D eigenvalue weighted by Gasteiger charge is 2.15. The van der Waals surface area contributed by atoms with Crippen molar-refractivity contribution in [2.75, 3.05) is 26.0 Å². The fraction of sp³-hybridized carbons (Fsp3) is 0.529. The zero-order valence-electron chi connectivity index (χ0n) is 13.0. The summed E-state index contributed by atoms with van der Waals surface area (Å²) >= 11 is 1.73. The maximum absolute atomic E-state index is 12.0. The molecule has 118 valence electrons. The quantitative estimate of drug-likeness (QED) is 0.756. The molecule has 0 N–H and O–H groups in total. The molecule has 0 aliphatic carbocycles. The summed E-state index contributed by atoms with van der Waals surface area (Å²) in [6, 6.07) is 7.80. The number of amides is 1. The molecule has 4 nitrogen and oxygen atoms in total. The number of hydrogen-bond acceptors (Lipinski definition) is 4. The molecule has 1 aliphatic rings. The maximum atomic E-state index is 12.0. The second kappa shape index (κ2) is 8.70. The molecule has 0 bridgehead atoms. The summed E-state index contributed by atoms with van der Waals surface area (Å²) in [7, 11) is 1.57. The van der Waals surface area contributed by atoms with E-state index in [2.05, 4.69) is 6.07 Å². The summed E-state index contributed by atoms with van der Waals surface area (Å²) in [6.07, 6.45) is 4.13. The predicted molar refractivity (Wildman–Crippen MR) is 88.9 cm³/mol. The van der Waals surface area contributed by atoms with Crippen LogP contribution in [0.3, 0.4) is 0 Å². The van der Waals surface area contributed by atoms with Gasteiger partial charge in [0.2, 0.25) is 5.91 Å². The Morgan fingerprint density at radius 3 is 2.82 bits per heavy atom. The zero-order valence-corrected chi connectivity index (χ0v) is 13.8. The first-order valence-corrected chi connectivity index (χ1v) is 8.82. The number of methoxy groups -OCH3 is 1. The summed E-state index contributed by atoms with van der Waals surface area (Å²) in [5.41, 5.74) is 1.65. The van der Waals surface area contributed by atoms with Gasteiger partial charge in [-0.25, -0.2) is 0 Å². The summed E-state index contributed by atoms with van der Waals surface area (Å²) < 4.78 is 5.14. The minimum Gasteiger partial charge on any atom is -0.495 e. The first-order chi connectivity index (χ1) is 10.7. The van der Waals surface area contributed by atoms with Crippen LogP contribution in [0, 0.1) is 11.3 Å². The Morgan fingerprint density at radius 2 is 2.14 bits per heavy atom. The van der Waals surface area contributed by atoms with E-state index in [1.54, 1.807) is 18.9 Å². The number of thioether (sulfide) groups is 1. The molecule has 0 saturated carbocycles. The molecule has 22 heavy (non-hydrogen) atoms. The molecular weight excluding hydrogens is 296 g/mol. The molecule has 1 amide bonds. The highest BCUT2D eigenvalue weighted by atomic mass is 32.2. The first kappa shape index (κ1) is 16.7. The molecule has 0 atom stereocenters. The molecule has 1 fully saturated rings. The molecule has 5 heteroatoms.